The quantitative estimate of drug-likeness (QED) is 0.517. The van der Waals surface area contributed by atoms with Crippen molar-refractivity contribution < 1.29 is 29.4 Å². The molecule has 1 rings (SSSR count). The van der Waals surface area contributed by atoms with E-state index >= 15 is 0 Å². The van der Waals surface area contributed by atoms with Crippen LogP contribution in [0.1, 0.15) is 6.92 Å². The molecule has 0 fully saturated rings. The molecule has 0 aliphatic carbocycles. The van der Waals surface area contributed by atoms with Crippen LogP contribution in [0.25, 0.3) is 0 Å². The van der Waals surface area contributed by atoms with Gasteiger partial charge in [-0.1, -0.05) is 0 Å². The number of esters is 2. The maximum absolute atomic E-state index is 10.8. The standard InChI is InChI=1S/C8H9NO6/c1-5(10)15-8(13)4-14-9-6(11)2-3-7(9)12/h2-3,11-12H,4H2,1H3. The molecule has 82 valence electrons. The Balaban J connectivity index is 2.50. The van der Waals surface area contributed by atoms with Gasteiger partial charge < -0.3 is 19.8 Å². The molecule has 0 spiro atoms. The molecule has 2 N–H and O–H groups in total. The zero-order valence-corrected chi connectivity index (χ0v) is 7.84. The molecular weight excluding hydrogens is 206 g/mol. The molecule has 0 saturated carbocycles. The maximum Gasteiger partial charge on any atom is 0.354 e. The van der Waals surface area contributed by atoms with Crippen molar-refractivity contribution in [2.45, 2.75) is 6.92 Å². The van der Waals surface area contributed by atoms with Crippen LogP contribution in [0.2, 0.25) is 0 Å². The van der Waals surface area contributed by atoms with Crippen LogP contribution in [0.3, 0.4) is 0 Å². The predicted octanol–water partition coefficient (Wildman–Crippen LogP) is -0.582. The lowest BCUT2D eigenvalue weighted by Gasteiger charge is -2.07. The molecule has 0 saturated heterocycles. The van der Waals surface area contributed by atoms with E-state index in [4.69, 9.17) is 10.2 Å². The number of hydrogen-bond acceptors (Lipinski definition) is 6. The average molecular weight is 215 g/mol. The van der Waals surface area contributed by atoms with Gasteiger partial charge >= 0.3 is 11.9 Å². The molecular formula is C8H9NO6. The number of ether oxygens (including phenoxy) is 1. The highest BCUT2D eigenvalue weighted by atomic mass is 16.7. The van der Waals surface area contributed by atoms with E-state index in [1.165, 1.54) is 12.1 Å². The minimum Gasteiger partial charge on any atom is -0.492 e. The Kier molecular flexibility index (Phi) is 3.17. The third-order valence-corrected chi connectivity index (χ3v) is 1.37. The van der Waals surface area contributed by atoms with E-state index in [0.29, 0.717) is 4.73 Å². The van der Waals surface area contributed by atoms with Gasteiger partial charge in [-0.3, -0.25) is 4.79 Å². The molecule has 1 aromatic heterocycles. The normalized spacial score (nSPS) is 9.67. The highest BCUT2D eigenvalue weighted by molar-refractivity contribution is 5.84. The topological polar surface area (TPSA) is 98.0 Å². The number of hydrogen-bond donors (Lipinski definition) is 2. The van der Waals surface area contributed by atoms with Crippen molar-refractivity contribution in [3.05, 3.63) is 12.1 Å². The third kappa shape index (κ3) is 2.90. The maximum atomic E-state index is 10.8. The van der Waals surface area contributed by atoms with Crippen LogP contribution in [0, 0.1) is 0 Å². The summed E-state index contributed by atoms with van der Waals surface area (Å²) in [6, 6.07) is 2.34. The summed E-state index contributed by atoms with van der Waals surface area (Å²) in [7, 11) is 0. The lowest BCUT2D eigenvalue weighted by Crippen LogP contribution is -2.22. The summed E-state index contributed by atoms with van der Waals surface area (Å²) >= 11 is 0. The second-order valence-electron chi connectivity index (χ2n) is 2.58. The predicted molar refractivity (Wildman–Crippen MR) is 46.0 cm³/mol. The zero-order valence-electron chi connectivity index (χ0n) is 7.84. The number of carbonyl (C=O) groups is 2. The molecule has 1 heterocycles. The number of aromatic nitrogens is 1. The Labute approximate surface area is 84.4 Å². The number of rotatable bonds is 3. The summed E-state index contributed by atoms with van der Waals surface area (Å²) in [6.07, 6.45) is 0. The summed E-state index contributed by atoms with van der Waals surface area (Å²) < 4.78 is 4.78. The number of carbonyl (C=O) groups excluding carboxylic acids is 2. The molecule has 0 bridgehead atoms. The Morgan fingerprint density at radius 3 is 2.33 bits per heavy atom. The summed E-state index contributed by atoms with van der Waals surface area (Å²) in [4.78, 5) is 25.8. The van der Waals surface area contributed by atoms with E-state index in [0.717, 1.165) is 6.92 Å². The largest absolute Gasteiger partial charge is 0.492 e. The van der Waals surface area contributed by atoms with Gasteiger partial charge in [0.25, 0.3) is 0 Å². The first kappa shape index (κ1) is 10.9. The van der Waals surface area contributed by atoms with Crippen molar-refractivity contribution in [3.8, 4) is 11.8 Å². The second-order valence-corrected chi connectivity index (χ2v) is 2.58. The molecule has 7 heteroatoms. The third-order valence-electron chi connectivity index (χ3n) is 1.37. The van der Waals surface area contributed by atoms with Gasteiger partial charge in [-0.2, -0.15) is 0 Å². The Morgan fingerprint density at radius 1 is 1.33 bits per heavy atom. The van der Waals surface area contributed by atoms with Crippen LogP contribution in [-0.4, -0.2) is 33.5 Å². The van der Waals surface area contributed by atoms with Crippen LogP contribution < -0.4 is 4.84 Å². The first-order valence-corrected chi connectivity index (χ1v) is 3.95. The fraction of sp³-hybridized carbons (Fsp3) is 0.250. The monoisotopic (exact) mass is 215 g/mol. The Morgan fingerprint density at radius 2 is 1.87 bits per heavy atom. The Bertz CT molecular complexity index is 363. The average Bonchev–Trinajstić information content (AvgIpc) is 2.42. The van der Waals surface area contributed by atoms with Gasteiger partial charge in [0, 0.05) is 19.1 Å². The smallest absolute Gasteiger partial charge is 0.354 e. The second kappa shape index (κ2) is 4.36. The summed E-state index contributed by atoms with van der Waals surface area (Å²) in [6.45, 7) is 0.470. The molecule has 1 aromatic rings. The molecule has 7 nitrogen and oxygen atoms in total. The summed E-state index contributed by atoms with van der Waals surface area (Å²) in [5.74, 6) is -2.43. The van der Waals surface area contributed by atoms with E-state index in [-0.39, 0.29) is 11.8 Å². The van der Waals surface area contributed by atoms with Crippen molar-refractivity contribution in [3.63, 3.8) is 0 Å². The Hall–Kier alpha value is -2.18. The molecule has 0 aliphatic rings. The minimum atomic E-state index is -0.921. The van der Waals surface area contributed by atoms with Gasteiger partial charge in [0.2, 0.25) is 18.4 Å². The fourth-order valence-corrected chi connectivity index (χ4v) is 0.841. The van der Waals surface area contributed by atoms with Gasteiger partial charge in [-0.15, -0.1) is 4.73 Å². The number of aromatic hydroxyl groups is 2. The van der Waals surface area contributed by atoms with Gasteiger partial charge in [0.1, 0.15) is 0 Å². The van der Waals surface area contributed by atoms with Crippen molar-refractivity contribution in [1.29, 1.82) is 0 Å². The van der Waals surface area contributed by atoms with E-state index < -0.39 is 18.5 Å². The molecule has 0 aliphatic heterocycles. The zero-order chi connectivity index (χ0) is 11.4. The van der Waals surface area contributed by atoms with Crippen molar-refractivity contribution in [2.75, 3.05) is 6.61 Å². The number of nitrogens with zero attached hydrogens (tertiary/aromatic N) is 1. The van der Waals surface area contributed by atoms with Crippen LogP contribution >= 0.6 is 0 Å². The van der Waals surface area contributed by atoms with Gasteiger partial charge in [-0.05, 0) is 0 Å². The SMILES string of the molecule is CC(=O)OC(=O)COn1c(O)ccc1O. The molecule has 0 amide bonds. The van der Waals surface area contributed by atoms with Gasteiger partial charge in [0.15, 0.2) is 0 Å². The lowest BCUT2D eigenvalue weighted by molar-refractivity contribution is -0.161. The first-order valence-electron chi connectivity index (χ1n) is 3.95. The van der Waals surface area contributed by atoms with Crippen LogP contribution in [0.5, 0.6) is 11.8 Å². The van der Waals surface area contributed by atoms with Gasteiger partial charge in [0.05, 0.1) is 0 Å². The summed E-state index contributed by atoms with van der Waals surface area (Å²) in [5, 5.41) is 18.2. The van der Waals surface area contributed by atoms with E-state index in [2.05, 4.69) is 9.57 Å². The van der Waals surface area contributed by atoms with E-state index in [1.54, 1.807) is 0 Å². The highest BCUT2D eigenvalue weighted by Gasteiger charge is 2.11. The first-order chi connectivity index (χ1) is 7.00. The molecule has 0 radical (unpaired) electrons. The van der Waals surface area contributed by atoms with Gasteiger partial charge in [-0.25, -0.2) is 4.79 Å². The van der Waals surface area contributed by atoms with E-state index in [9.17, 15) is 9.59 Å². The van der Waals surface area contributed by atoms with Crippen molar-refractivity contribution in [2.24, 2.45) is 0 Å². The van der Waals surface area contributed by atoms with Crippen molar-refractivity contribution in [1.82, 2.24) is 4.73 Å². The van der Waals surface area contributed by atoms with Crippen LogP contribution in [0.4, 0.5) is 0 Å². The van der Waals surface area contributed by atoms with Crippen LogP contribution in [-0.2, 0) is 14.3 Å². The molecule has 0 unspecified atom stereocenters. The van der Waals surface area contributed by atoms with Crippen LogP contribution in [0.15, 0.2) is 12.1 Å². The van der Waals surface area contributed by atoms with Crippen molar-refractivity contribution >= 4 is 11.9 Å². The fourth-order valence-electron chi connectivity index (χ4n) is 0.841. The highest BCUT2D eigenvalue weighted by Crippen LogP contribution is 2.18. The lowest BCUT2D eigenvalue weighted by atomic mass is 10.6. The van der Waals surface area contributed by atoms with E-state index in [1.807, 2.05) is 0 Å². The molecule has 15 heavy (non-hydrogen) atoms. The summed E-state index contributed by atoms with van der Waals surface area (Å²) in [5.41, 5.74) is 0. The molecule has 0 aromatic carbocycles. The minimum absolute atomic E-state index is 0.372. The molecule has 0 atom stereocenters.